The molecule has 1 heterocycles. The molecule has 1 atom stereocenters. The quantitative estimate of drug-likeness (QED) is 0.684. The van der Waals surface area contributed by atoms with Crippen molar-refractivity contribution in [3.8, 4) is 0 Å². The van der Waals surface area contributed by atoms with Crippen LogP contribution in [-0.4, -0.2) is 73.8 Å². The van der Waals surface area contributed by atoms with E-state index in [2.05, 4.69) is 5.32 Å². The van der Waals surface area contributed by atoms with E-state index >= 15 is 0 Å². The highest BCUT2D eigenvalue weighted by molar-refractivity contribution is 7.98. The monoisotopic (exact) mass is 400 g/mol. The van der Waals surface area contributed by atoms with Gasteiger partial charge in [-0.3, -0.25) is 4.79 Å². The summed E-state index contributed by atoms with van der Waals surface area (Å²) in [5.74, 6) is 0.480. The fraction of sp³-hybridized carbons (Fsp3) is 0.500. The molecule has 3 N–H and O–H groups in total. The maximum Gasteiger partial charge on any atom is 0.312 e. The summed E-state index contributed by atoms with van der Waals surface area (Å²) in [6, 6.07) is 6.81. The van der Waals surface area contributed by atoms with Gasteiger partial charge in [0, 0.05) is 26.2 Å². The average Bonchev–Trinajstić information content (AvgIpc) is 2.65. The Labute approximate surface area is 158 Å². The first-order valence-corrected chi connectivity index (χ1v) is 11.1. The molecule has 0 spiro atoms. The van der Waals surface area contributed by atoms with Crippen molar-refractivity contribution in [1.29, 1.82) is 0 Å². The summed E-state index contributed by atoms with van der Waals surface area (Å²) in [5, 5.41) is 2.48. The molecule has 1 aliphatic heterocycles. The van der Waals surface area contributed by atoms with E-state index in [4.69, 9.17) is 5.73 Å². The van der Waals surface area contributed by atoms with Gasteiger partial charge in [0.05, 0.1) is 4.90 Å². The first kappa shape index (κ1) is 20.5. The molecular weight excluding hydrogens is 376 g/mol. The second-order valence-electron chi connectivity index (χ2n) is 5.89. The third kappa shape index (κ3) is 5.12. The summed E-state index contributed by atoms with van der Waals surface area (Å²) in [4.78, 5) is 25.6. The number of nitrogens with one attached hydrogen (secondary N) is 1. The molecule has 0 unspecified atom stereocenters. The van der Waals surface area contributed by atoms with Gasteiger partial charge < -0.3 is 16.0 Å². The largest absolute Gasteiger partial charge is 0.352 e. The molecule has 0 aromatic heterocycles. The van der Waals surface area contributed by atoms with Crippen LogP contribution in [0.1, 0.15) is 6.42 Å². The Morgan fingerprint density at radius 3 is 2.35 bits per heavy atom. The number of thioether (sulfide) groups is 1. The zero-order valence-corrected chi connectivity index (χ0v) is 16.3. The molecule has 0 saturated carbocycles. The molecule has 1 fully saturated rings. The molecule has 1 aromatic carbocycles. The third-order valence-electron chi connectivity index (χ3n) is 4.16. The summed E-state index contributed by atoms with van der Waals surface area (Å²) in [6.07, 6.45) is 2.39. The summed E-state index contributed by atoms with van der Waals surface area (Å²) in [5.41, 5.74) is 5.16. The number of hydrogen-bond acceptors (Lipinski definition) is 5. The standard InChI is InChI=1S/C16H24N4O4S2/c1-25-12-7-14(18-16(17)22)15(21)19-8-10-20(11-9-19)26(23,24)13-5-3-2-4-6-13/h2-6,14H,7-12H2,1H3,(H3,17,18,22)/t14-/m0/s1. The number of primary amides is 1. The topological polar surface area (TPSA) is 113 Å². The van der Waals surface area contributed by atoms with Crippen LogP contribution in [0.5, 0.6) is 0 Å². The summed E-state index contributed by atoms with van der Waals surface area (Å²) >= 11 is 1.57. The highest BCUT2D eigenvalue weighted by Gasteiger charge is 2.32. The number of hydrogen-bond donors (Lipinski definition) is 2. The Balaban J connectivity index is 2.00. The van der Waals surface area contributed by atoms with E-state index in [1.807, 2.05) is 6.26 Å². The van der Waals surface area contributed by atoms with Crippen LogP contribution in [0.25, 0.3) is 0 Å². The van der Waals surface area contributed by atoms with Crippen molar-refractivity contribution in [3.05, 3.63) is 30.3 Å². The van der Waals surface area contributed by atoms with Crippen molar-refractivity contribution in [2.24, 2.45) is 5.73 Å². The van der Waals surface area contributed by atoms with Gasteiger partial charge in [0.25, 0.3) is 0 Å². The summed E-state index contributed by atoms with van der Waals surface area (Å²) in [7, 11) is -3.56. The van der Waals surface area contributed by atoms with Crippen LogP contribution >= 0.6 is 11.8 Å². The SMILES string of the molecule is CSCC[C@H](NC(N)=O)C(=O)N1CCN(S(=O)(=O)c2ccccc2)CC1. The van der Waals surface area contributed by atoms with Gasteiger partial charge in [0.2, 0.25) is 15.9 Å². The van der Waals surface area contributed by atoms with Crippen LogP contribution in [0.2, 0.25) is 0 Å². The van der Waals surface area contributed by atoms with Gasteiger partial charge in [-0.05, 0) is 30.6 Å². The lowest BCUT2D eigenvalue weighted by Crippen LogP contribution is -2.56. The number of rotatable bonds is 7. The zero-order valence-electron chi connectivity index (χ0n) is 14.6. The fourth-order valence-corrected chi connectivity index (χ4v) is 4.69. The molecule has 3 amide bonds. The van der Waals surface area contributed by atoms with Crippen LogP contribution in [0.3, 0.4) is 0 Å². The van der Waals surface area contributed by atoms with E-state index in [-0.39, 0.29) is 37.0 Å². The first-order valence-electron chi connectivity index (χ1n) is 8.25. The van der Waals surface area contributed by atoms with E-state index in [0.29, 0.717) is 12.2 Å². The van der Waals surface area contributed by atoms with E-state index in [9.17, 15) is 18.0 Å². The van der Waals surface area contributed by atoms with Crippen molar-refractivity contribution < 1.29 is 18.0 Å². The zero-order chi connectivity index (χ0) is 19.2. The number of nitrogens with two attached hydrogens (primary N) is 1. The average molecular weight is 401 g/mol. The smallest absolute Gasteiger partial charge is 0.312 e. The lowest BCUT2D eigenvalue weighted by atomic mass is 10.2. The Morgan fingerprint density at radius 2 is 1.81 bits per heavy atom. The Kier molecular flexibility index (Phi) is 7.30. The lowest BCUT2D eigenvalue weighted by Gasteiger charge is -2.35. The first-order chi connectivity index (χ1) is 12.4. The lowest BCUT2D eigenvalue weighted by molar-refractivity contribution is -0.134. The van der Waals surface area contributed by atoms with Crippen molar-refractivity contribution in [3.63, 3.8) is 0 Å². The molecule has 10 heteroatoms. The van der Waals surface area contributed by atoms with Gasteiger partial charge in [0.1, 0.15) is 6.04 Å². The Morgan fingerprint density at radius 1 is 1.19 bits per heavy atom. The van der Waals surface area contributed by atoms with Crippen molar-refractivity contribution >= 4 is 33.7 Å². The molecule has 2 rings (SSSR count). The van der Waals surface area contributed by atoms with Gasteiger partial charge in [-0.15, -0.1) is 0 Å². The molecule has 1 aliphatic rings. The van der Waals surface area contributed by atoms with Crippen LogP contribution in [0.15, 0.2) is 35.2 Å². The Hall–Kier alpha value is -1.78. The van der Waals surface area contributed by atoms with Gasteiger partial charge in [-0.2, -0.15) is 16.1 Å². The van der Waals surface area contributed by atoms with Gasteiger partial charge in [-0.1, -0.05) is 18.2 Å². The van der Waals surface area contributed by atoms with Crippen molar-refractivity contribution in [1.82, 2.24) is 14.5 Å². The molecule has 0 bridgehead atoms. The number of amides is 3. The highest BCUT2D eigenvalue weighted by atomic mass is 32.2. The number of carbonyl (C=O) groups is 2. The van der Waals surface area contributed by atoms with Gasteiger partial charge in [-0.25, -0.2) is 13.2 Å². The fourth-order valence-electron chi connectivity index (χ4n) is 2.78. The number of urea groups is 1. The van der Waals surface area contributed by atoms with Crippen molar-refractivity contribution in [2.75, 3.05) is 38.2 Å². The minimum Gasteiger partial charge on any atom is -0.352 e. The van der Waals surface area contributed by atoms with E-state index in [0.717, 1.165) is 0 Å². The predicted molar refractivity (Wildman–Crippen MR) is 101 cm³/mol. The normalized spacial score (nSPS) is 16.9. The molecule has 1 saturated heterocycles. The van der Waals surface area contributed by atoms with Crippen LogP contribution in [0.4, 0.5) is 4.79 Å². The van der Waals surface area contributed by atoms with E-state index < -0.39 is 22.1 Å². The van der Waals surface area contributed by atoms with Gasteiger partial charge >= 0.3 is 6.03 Å². The maximum atomic E-state index is 12.6. The minimum absolute atomic E-state index is 0.217. The second kappa shape index (κ2) is 9.24. The molecule has 0 aliphatic carbocycles. The Bertz CT molecular complexity index is 719. The predicted octanol–water partition coefficient (Wildman–Crippen LogP) is 0.310. The summed E-state index contributed by atoms with van der Waals surface area (Å²) < 4.78 is 26.6. The maximum absolute atomic E-state index is 12.6. The van der Waals surface area contributed by atoms with E-state index in [1.54, 1.807) is 47.0 Å². The van der Waals surface area contributed by atoms with Gasteiger partial charge in [0.15, 0.2) is 0 Å². The number of benzene rings is 1. The third-order valence-corrected chi connectivity index (χ3v) is 6.71. The van der Waals surface area contributed by atoms with Crippen LogP contribution < -0.4 is 11.1 Å². The van der Waals surface area contributed by atoms with Crippen LogP contribution in [-0.2, 0) is 14.8 Å². The van der Waals surface area contributed by atoms with Crippen LogP contribution in [0, 0.1) is 0 Å². The van der Waals surface area contributed by atoms with Crippen molar-refractivity contribution in [2.45, 2.75) is 17.4 Å². The summed E-state index contributed by atoms with van der Waals surface area (Å²) in [6.45, 7) is 0.992. The molecular formula is C16H24N4O4S2. The number of carbonyl (C=O) groups excluding carboxylic acids is 2. The minimum atomic E-state index is -3.56. The number of sulfonamides is 1. The second-order valence-corrected chi connectivity index (χ2v) is 8.81. The number of nitrogens with zero attached hydrogens (tertiary/aromatic N) is 2. The number of piperazine rings is 1. The highest BCUT2D eigenvalue weighted by Crippen LogP contribution is 2.18. The molecule has 0 radical (unpaired) electrons. The molecule has 26 heavy (non-hydrogen) atoms. The van der Waals surface area contributed by atoms with E-state index in [1.165, 1.54) is 4.31 Å². The molecule has 1 aromatic rings. The molecule has 8 nitrogen and oxygen atoms in total. The molecule has 144 valence electrons.